The van der Waals surface area contributed by atoms with Crippen molar-refractivity contribution >= 4 is 22.3 Å². The molecule has 0 radical (unpaired) electrons. The Morgan fingerprint density at radius 2 is 1.92 bits per heavy atom. The van der Waals surface area contributed by atoms with E-state index in [4.69, 9.17) is 4.74 Å². The third kappa shape index (κ3) is 5.12. The minimum Gasteiger partial charge on any atom is -0.376 e. The van der Waals surface area contributed by atoms with Gasteiger partial charge in [0, 0.05) is 61.7 Å². The van der Waals surface area contributed by atoms with E-state index < -0.39 is 11.0 Å². The number of pyridine rings is 1. The van der Waals surface area contributed by atoms with Gasteiger partial charge in [-0.15, -0.1) is 5.10 Å². The normalized spacial score (nSPS) is 19.0. The Morgan fingerprint density at radius 1 is 1.13 bits per heavy atom. The van der Waals surface area contributed by atoms with Crippen LogP contribution in [0.1, 0.15) is 35.8 Å². The molecule has 2 aliphatic rings. The predicted octanol–water partition coefficient (Wildman–Crippen LogP) is 2.82. The number of benzene rings is 2. The maximum atomic E-state index is 13.5. The molecule has 6 rings (SSSR count). The first kappa shape index (κ1) is 25.1. The maximum Gasteiger partial charge on any atom is 0.269 e. The molecule has 12 heteroatoms. The third-order valence-electron chi connectivity index (χ3n) is 7.63. The summed E-state index contributed by atoms with van der Waals surface area (Å²) < 4.78 is 7.63. The van der Waals surface area contributed by atoms with Crippen molar-refractivity contribution < 1.29 is 9.66 Å². The zero-order valence-corrected chi connectivity index (χ0v) is 21.7. The first-order chi connectivity index (χ1) is 19.0. The van der Waals surface area contributed by atoms with Crippen molar-refractivity contribution in [2.24, 2.45) is 0 Å². The summed E-state index contributed by atoms with van der Waals surface area (Å²) in [6.07, 6.45) is 2.01. The highest BCUT2D eigenvalue weighted by Gasteiger charge is 2.33. The van der Waals surface area contributed by atoms with Gasteiger partial charge in [0.15, 0.2) is 5.82 Å². The van der Waals surface area contributed by atoms with Gasteiger partial charge < -0.3 is 14.6 Å². The molecule has 2 saturated heterocycles. The van der Waals surface area contributed by atoms with Crippen LogP contribution in [0.5, 0.6) is 0 Å². The van der Waals surface area contributed by atoms with Gasteiger partial charge in [0.1, 0.15) is 6.04 Å². The Balaban J connectivity index is 1.33. The van der Waals surface area contributed by atoms with E-state index in [0.717, 1.165) is 41.6 Å². The highest BCUT2D eigenvalue weighted by Crippen LogP contribution is 2.30. The summed E-state index contributed by atoms with van der Waals surface area (Å²) in [7, 11) is 0. The van der Waals surface area contributed by atoms with Gasteiger partial charge in [0.25, 0.3) is 11.2 Å². The number of aryl methyl sites for hydroxylation is 1. The molecule has 39 heavy (non-hydrogen) atoms. The number of nitrogens with one attached hydrogen (secondary N) is 1. The van der Waals surface area contributed by atoms with Gasteiger partial charge in [-0.05, 0) is 65.9 Å². The van der Waals surface area contributed by atoms with Crippen LogP contribution in [0.3, 0.4) is 0 Å². The van der Waals surface area contributed by atoms with Crippen LogP contribution < -0.4 is 10.5 Å². The van der Waals surface area contributed by atoms with Crippen molar-refractivity contribution in [3.63, 3.8) is 0 Å². The molecule has 2 aromatic heterocycles. The van der Waals surface area contributed by atoms with Gasteiger partial charge >= 0.3 is 0 Å². The maximum absolute atomic E-state index is 13.5. The van der Waals surface area contributed by atoms with Crippen molar-refractivity contribution in [1.82, 2.24) is 30.1 Å². The second-order valence-corrected chi connectivity index (χ2v) is 10.2. The van der Waals surface area contributed by atoms with Crippen LogP contribution in [0.15, 0.2) is 53.3 Å². The van der Waals surface area contributed by atoms with Crippen molar-refractivity contribution in [2.45, 2.75) is 38.5 Å². The molecule has 0 amide bonds. The molecule has 0 bridgehead atoms. The molecule has 0 aliphatic carbocycles. The zero-order chi connectivity index (χ0) is 26.9. The summed E-state index contributed by atoms with van der Waals surface area (Å²) in [5, 5.41) is 24.7. The van der Waals surface area contributed by atoms with Gasteiger partial charge in [0.2, 0.25) is 0 Å². The van der Waals surface area contributed by atoms with Crippen molar-refractivity contribution in [3.05, 3.63) is 86.0 Å². The molecular weight excluding hydrogens is 500 g/mol. The van der Waals surface area contributed by atoms with Crippen LogP contribution in [0.4, 0.5) is 11.4 Å². The lowest BCUT2D eigenvalue weighted by molar-refractivity contribution is -0.384. The number of tetrazole rings is 1. The van der Waals surface area contributed by atoms with Gasteiger partial charge in [-0.1, -0.05) is 11.6 Å². The number of anilines is 1. The number of nitro benzene ring substituents is 1. The number of H-pyrrole nitrogens is 1. The molecule has 2 fully saturated rings. The predicted molar refractivity (Wildman–Crippen MR) is 145 cm³/mol. The molecule has 0 spiro atoms. The number of nitro groups is 1. The summed E-state index contributed by atoms with van der Waals surface area (Å²) in [5.41, 5.74) is 3.33. The van der Waals surface area contributed by atoms with Crippen LogP contribution in [0.25, 0.3) is 10.9 Å². The average molecular weight is 531 g/mol. The van der Waals surface area contributed by atoms with E-state index in [1.54, 1.807) is 16.8 Å². The van der Waals surface area contributed by atoms with E-state index in [9.17, 15) is 14.9 Å². The highest BCUT2D eigenvalue weighted by atomic mass is 16.6. The van der Waals surface area contributed by atoms with Gasteiger partial charge in [-0.25, -0.2) is 4.68 Å². The number of fused-ring (bicyclic) bond motifs is 1. The Hall–Kier alpha value is -4.16. The minimum atomic E-state index is -0.450. The second-order valence-electron chi connectivity index (χ2n) is 10.2. The van der Waals surface area contributed by atoms with Crippen LogP contribution >= 0.6 is 0 Å². The van der Waals surface area contributed by atoms with Gasteiger partial charge in [0.05, 0.1) is 17.6 Å². The fourth-order valence-corrected chi connectivity index (χ4v) is 5.59. The molecule has 2 aliphatic heterocycles. The van der Waals surface area contributed by atoms with E-state index in [1.165, 1.54) is 12.1 Å². The molecule has 2 aromatic carbocycles. The second kappa shape index (κ2) is 10.5. The van der Waals surface area contributed by atoms with Crippen LogP contribution in [0.2, 0.25) is 0 Å². The molecular formula is C27H30N8O4. The number of ether oxygens (including phenoxy) is 1. The van der Waals surface area contributed by atoms with Crippen molar-refractivity contribution in [3.8, 4) is 0 Å². The summed E-state index contributed by atoms with van der Waals surface area (Å²) in [4.78, 5) is 31.6. The summed E-state index contributed by atoms with van der Waals surface area (Å²) >= 11 is 0. The van der Waals surface area contributed by atoms with Crippen molar-refractivity contribution in [2.75, 3.05) is 37.7 Å². The lowest BCUT2D eigenvalue weighted by Crippen LogP contribution is -2.49. The van der Waals surface area contributed by atoms with Crippen LogP contribution in [0, 0.1) is 17.0 Å². The van der Waals surface area contributed by atoms with Gasteiger partial charge in [-0.2, -0.15) is 0 Å². The number of aromatic nitrogens is 5. The van der Waals surface area contributed by atoms with Crippen LogP contribution in [-0.4, -0.2) is 73.9 Å². The SMILES string of the molecule is Cc1ccc2[nH]c(=O)c([C@@H](c3nnnn3C[C@H]3CCCO3)N3CCN(c4ccc([N+](=O)[O-])cc4)CC3)cc2c1. The quantitative estimate of drug-likeness (QED) is 0.283. The summed E-state index contributed by atoms with van der Waals surface area (Å²) in [6, 6.07) is 14.1. The van der Waals surface area contributed by atoms with E-state index in [0.29, 0.717) is 44.1 Å². The first-order valence-corrected chi connectivity index (χ1v) is 13.2. The van der Waals surface area contributed by atoms with E-state index in [-0.39, 0.29) is 17.4 Å². The molecule has 202 valence electrons. The molecule has 0 saturated carbocycles. The number of non-ortho nitro benzene ring substituents is 1. The monoisotopic (exact) mass is 530 g/mol. The third-order valence-corrected chi connectivity index (χ3v) is 7.63. The Kier molecular flexibility index (Phi) is 6.79. The van der Waals surface area contributed by atoms with E-state index in [2.05, 4.69) is 36.4 Å². The number of aromatic amines is 1. The Bertz CT molecular complexity index is 1540. The van der Waals surface area contributed by atoms with Crippen molar-refractivity contribution in [1.29, 1.82) is 0 Å². The topological polar surface area (TPSA) is 135 Å². The largest absolute Gasteiger partial charge is 0.376 e. The zero-order valence-electron chi connectivity index (χ0n) is 21.7. The molecule has 4 aromatic rings. The smallest absolute Gasteiger partial charge is 0.269 e. The molecule has 0 unspecified atom stereocenters. The van der Waals surface area contributed by atoms with E-state index in [1.807, 2.05) is 25.1 Å². The lowest BCUT2D eigenvalue weighted by atomic mass is 10.0. The molecule has 1 N–H and O–H groups in total. The first-order valence-electron chi connectivity index (χ1n) is 13.2. The summed E-state index contributed by atoms with van der Waals surface area (Å²) in [6.45, 7) is 5.98. The number of nitrogens with zero attached hydrogens (tertiary/aromatic N) is 7. The number of piperazine rings is 1. The number of hydrogen-bond donors (Lipinski definition) is 1. The molecule has 12 nitrogen and oxygen atoms in total. The number of rotatable bonds is 7. The van der Waals surface area contributed by atoms with Crippen LogP contribution in [-0.2, 0) is 11.3 Å². The highest BCUT2D eigenvalue weighted by molar-refractivity contribution is 5.79. The summed E-state index contributed by atoms with van der Waals surface area (Å²) in [5.74, 6) is 0.617. The number of hydrogen-bond acceptors (Lipinski definition) is 9. The average Bonchev–Trinajstić information content (AvgIpc) is 3.63. The van der Waals surface area contributed by atoms with E-state index >= 15 is 0 Å². The lowest BCUT2D eigenvalue weighted by Gasteiger charge is -2.39. The van der Waals surface area contributed by atoms with Gasteiger partial charge in [-0.3, -0.25) is 19.8 Å². The fourth-order valence-electron chi connectivity index (χ4n) is 5.59. The Morgan fingerprint density at radius 3 is 2.64 bits per heavy atom. The minimum absolute atomic E-state index is 0.0458. The molecule has 4 heterocycles. The Labute approximate surface area is 224 Å². The molecule has 2 atom stereocenters. The fraction of sp³-hybridized carbons (Fsp3) is 0.407. The standard InChI is InChI=1S/C27H30N8O4/c1-18-4-9-24-19(15-18)16-23(27(36)28-24)25(26-29-30-31-34(26)17-22-3-2-14-39-22)33-12-10-32(11-13-33)20-5-7-21(8-6-20)35(37)38/h4-9,15-16,22,25H,2-3,10-14,17H2,1H3,(H,28,36)/t22-,25+/m1/s1.